The molecule has 0 aromatic heterocycles. The summed E-state index contributed by atoms with van der Waals surface area (Å²) in [4.78, 5) is 11.6. The van der Waals surface area contributed by atoms with Crippen LogP contribution >= 0.6 is 0 Å². The highest BCUT2D eigenvalue weighted by atomic mass is 16.5. The monoisotopic (exact) mass is 285 g/mol. The Balaban J connectivity index is 1.61. The van der Waals surface area contributed by atoms with Gasteiger partial charge < -0.3 is 19.9 Å². The maximum absolute atomic E-state index is 11.6. The molecule has 0 radical (unpaired) electrons. The minimum Gasteiger partial charge on any atom is -0.466 e. The van der Waals surface area contributed by atoms with E-state index in [1.165, 1.54) is 0 Å². The Morgan fingerprint density at radius 3 is 2.65 bits per heavy atom. The van der Waals surface area contributed by atoms with Crippen LogP contribution in [0.15, 0.2) is 0 Å². The SMILES string of the molecule is CCOC(=O)C1CCC(OC[C@@H]2C[C@H](CO)CN2)CC1. The molecule has 5 nitrogen and oxygen atoms in total. The summed E-state index contributed by atoms with van der Waals surface area (Å²) in [5.41, 5.74) is 0. The third kappa shape index (κ3) is 4.43. The van der Waals surface area contributed by atoms with Crippen molar-refractivity contribution >= 4 is 5.97 Å². The van der Waals surface area contributed by atoms with Gasteiger partial charge in [0.1, 0.15) is 0 Å². The van der Waals surface area contributed by atoms with Gasteiger partial charge in [0.25, 0.3) is 0 Å². The van der Waals surface area contributed by atoms with E-state index in [2.05, 4.69) is 5.32 Å². The second-order valence-corrected chi connectivity index (χ2v) is 5.95. The van der Waals surface area contributed by atoms with Crippen molar-refractivity contribution in [2.75, 3.05) is 26.4 Å². The number of aliphatic hydroxyl groups excluding tert-OH is 1. The molecule has 0 aromatic carbocycles. The van der Waals surface area contributed by atoms with Crippen molar-refractivity contribution in [1.29, 1.82) is 0 Å². The summed E-state index contributed by atoms with van der Waals surface area (Å²) >= 11 is 0. The fourth-order valence-electron chi connectivity index (χ4n) is 3.15. The molecule has 2 rings (SSSR count). The van der Waals surface area contributed by atoms with Crippen LogP contribution in [-0.2, 0) is 14.3 Å². The minimum atomic E-state index is -0.0470. The molecule has 1 aliphatic heterocycles. The quantitative estimate of drug-likeness (QED) is 0.715. The molecule has 0 amide bonds. The largest absolute Gasteiger partial charge is 0.466 e. The van der Waals surface area contributed by atoms with Gasteiger partial charge in [-0.2, -0.15) is 0 Å². The second-order valence-electron chi connectivity index (χ2n) is 5.95. The lowest BCUT2D eigenvalue weighted by Gasteiger charge is -2.28. The van der Waals surface area contributed by atoms with Crippen molar-refractivity contribution in [3.63, 3.8) is 0 Å². The van der Waals surface area contributed by atoms with Crippen molar-refractivity contribution < 1.29 is 19.4 Å². The first-order valence-corrected chi connectivity index (χ1v) is 7.85. The second kappa shape index (κ2) is 7.96. The molecule has 0 bridgehead atoms. The Hall–Kier alpha value is -0.650. The summed E-state index contributed by atoms with van der Waals surface area (Å²) < 4.78 is 11.0. The summed E-state index contributed by atoms with van der Waals surface area (Å²) in [5, 5.41) is 12.5. The summed E-state index contributed by atoms with van der Waals surface area (Å²) in [7, 11) is 0. The molecule has 1 aliphatic carbocycles. The van der Waals surface area contributed by atoms with Gasteiger partial charge in [-0.15, -0.1) is 0 Å². The van der Waals surface area contributed by atoms with Crippen LogP contribution in [0.1, 0.15) is 39.0 Å². The van der Waals surface area contributed by atoms with E-state index >= 15 is 0 Å². The normalized spacial score (nSPS) is 34.1. The van der Waals surface area contributed by atoms with Crippen molar-refractivity contribution in [2.24, 2.45) is 11.8 Å². The van der Waals surface area contributed by atoms with E-state index < -0.39 is 0 Å². The van der Waals surface area contributed by atoms with Crippen LogP contribution in [0.25, 0.3) is 0 Å². The van der Waals surface area contributed by atoms with Crippen molar-refractivity contribution in [2.45, 2.75) is 51.2 Å². The van der Waals surface area contributed by atoms with Crippen molar-refractivity contribution in [1.82, 2.24) is 5.32 Å². The maximum atomic E-state index is 11.6. The Morgan fingerprint density at radius 1 is 1.30 bits per heavy atom. The molecule has 0 unspecified atom stereocenters. The number of carbonyl (C=O) groups excluding carboxylic acids is 1. The topological polar surface area (TPSA) is 67.8 Å². The molecule has 2 fully saturated rings. The molecule has 20 heavy (non-hydrogen) atoms. The zero-order valence-corrected chi connectivity index (χ0v) is 12.3. The van der Waals surface area contributed by atoms with Gasteiger partial charge in [0.2, 0.25) is 0 Å². The number of esters is 1. The fourth-order valence-corrected chi connectivity index (χ4v) is 3.15. The molecule has 1 saturated carbocycles. The zero-order chi connectivity index (χ0) is 14.4. The molecule has 2 aliphatic rings. The van der Waals surface area contributed by atoms with Gasteiger partial charge in [-0.25, -0.2) is 0 Å². The van der Waals surface area contributed by atoms with E-state index in [1.54, 1.807) is 0 Å². The van der Waals surface area contributed by atoms with E-state index in [-0.39, 0.29) is 24.6 Å². The third-order valence-electron chi connectivity index (χ3n) is 4.40. The molecular weight excluding hydrogens is 258 g/mol. The Bertz CT molecular complexity index is 302. The summed E-state index contributed by atoms with van der Waals surface area (Å²) in [6.07, 6.45) is 4.91. The molecule has 116 valence electrons. The maximum Gasteiger partial charge on any atom is 0.308 e. The number of carbonyl (C=O) groups is 1. The van der Waals surface area contributed by atoms with Crippen LogP contribution in [-0.4, -0.2) is 49.6 Å². The smallest absolute Gasteiger partial charge is 0.308 e. The first kappa shape index (κ1) is 15.7. The molecular formula is C15H27NO4. The number of nitrogens with one attached hydrogen (secondary N) is 1. The Morgan fingerprint density at radius 2 is 2.05 bits per heavy atom. The predicted molar refractivity (Wildman–Crippen MR) is 75.3 cm³/mol. The molecule has 5 heteroatoms. The molecule has 2 N–H and O–H groups in total. The summed E-state index contributed by atoms with van der Waals surface area (Å²) in [6, 6.07) is 0.370. The lowest BCUT2D eigenvalue weighted by atomic mass is 9.87. The molecule has 0 aromatic rings. The summed E-state index contributed by atoms with van der Waals surface area (Å²) in [6.45, 7) is 4.18. The third-order valence-corrected chi connectivity index (χ3v) is 4.40. The van der Waals surface area contributed by atoms with Crippen molar-refractivity contribution in [3.05, 3.63) is 0 Å². The lowest BCUT2D eigenvalue weighted by molar-refractivity contribution is -0.150. The first-order valence-electron chi connectivity index (χ1n) is 7.85. The van der Waals surface area contributed by atoms with Crippen LogP contribution < -0.4 is 5.32 Å². The van der Waals surface area contributed by atoms with Gasteiger partial charge in [-0.1, -0.05) is 0 Å². The molecule has 1 heterocycles. The highest BCUT2D eigenvalue weighted by Crippen LogP contribution is 2.27. The Kier molecular flexibility index (Phi) is 6.26. The number of ether oxygens (including phenoxy) is 2. The lowest BCUT2D eigenvalue weighted by Crippen LogP contribution is -2.32. The predicted octanol–water partition coefficient (Wildman–Crippen LogP) is 1.10. The Labute approximate surface area is 121 Å². The highest BCUT2D eigenvalue weighted by Gasteiger charge is 2.29. The van der Waals surface area contributed by atoms with Crippen LogP contribution in [0.2, 0.25) is 0 Å². The van der Waals surface area contributed by atoms with E-state index in [1.807, 2.05) is 6.92 Å². The van der Waals surface area contributed by atoms with Gasteiger partial charge in [-0.3, -0.25) is 4.79 Å². The van der Waals surface area contributed by atoms with Crippen LogP contribution in [0, 0.1) is 11.8 Å². The standard InChI is InChI=1S/C15H27NO4/c1-2-19-15(18)12-3-5-14(6-4-12)20-10-13-7-11(9-17)8-16-13/h11-14,16-17H,2-10H2,1H3/t11-,12?,13-,14?/m0/s1. The fraction of sp³-hybridized carbons (Fsp3) is 0.933. The number of aliphatic hydroxyl groups is 1. The van der Waals surface area contributed by atoms with Gasteiger partial charge in [0, 0.05) is 19.2 Å². The van der Waals surface area contributed by atoms with E-state index in [0.717, 1.165) is 38.6 Å². The molecule has 0 spiro atoms. The van der Waals surface area contributed by atoms with Gasteiger partial charge in [-0.05, 0) is 44.9 Å². The number of hydrogen-bond donors (Lipinski definition) is 2. The average Bonchev–Trinajstić information content (AvgIpc) is 2.94. The van der Waals surface area contributed by atoms with Crippen molar-refractivity contribution in [3.8, 4) is 0 Å². The molecule has 2 atom stereocenters. The van der Waals surface area contributed by atoms with Gasteiger partial charge in [0.05, 0.1) is 25.2 Å². The highest BCUT2D eigenvalue weighted by molar-refractivity contribution is 5.72. The number of hydrogen-bond acceptors (Lipinski definition) is 5. The van der Waals surface area contributed by atoms with E-state index in [9.17, 15) is 4.79 Å². The van der Waals surface area contributed by atoms with Crippen LogP contribution in [0.4, 0.5) is 0 Å². The van der Waals surface area contributed by atoms with Crippen LogP contribution in [0.3, 0.4) is 0 Å². The minimum absolute atomic E-state index is 0.0470. The van der Waals surface area contributed by atoms with Gasteiger partial charge >= 0.3 is 5.97 Å². The molecule has 1 saturated heterocycles. The van der Waals surface area contributed by atoms with Gasteiger partial charge in [0.15, 0.2) is 0 Å². The first-order chi connectivity index (χ1) is 9.72. The number of rotatable bonds is 6. The average molecular weight is 285 g/mol. The summed E-state index contributed by atoms with van der Waals surface area (Å²) in [5.74, 6) is 0.399. The van der Waals surface area contributed by atoms with E-state index in [0.29, 0.717) is 25.2 Å². The van der Waals surface area contributed by atoms with E-state index in [4.69, 9.17) is 14.6 Å². The van der Waals surface area contributed by atoms with Crippen LogP contribution in [0.5, 0.6) is 0 Å². The zero-order valence-electron chi connectivity index (χ0n) is 12.3.